The Kier molecular flexibility index (Phi) is 2.86. The van der Waals surface area contributed by atoms with Gasteiger partial charge in [-0.05, 0) is 30.8 Å². The highest BCUT2D eigenvalue weighted by Gasteiger charge is 2.16. The third kappa shape index (κ3) is 1.90. The fraction of sp³-hybridized carbons (Fsp3) is 0.0769. The number of aromatic amines is 1. The van der Waals surface area contributed by atoms with Crippen molar-refractivity contribution in [3.05, 3.63) is 52.2 Å². The fourth-order valence-corrected chi connectivity index (χ4v) is 2.32. The van der Waals surface area contributed by atoms with Crippen LogP contribution in [0.3, 0.4) is 0 Å². The van der Waals surface area contributed by atoms with Crippen molar-refractivity contribution in [2.24, 2.45) is 0 Å². The highest BCUT2D eigenvalue weighted by molar-refractivity contribution is 7.71. The monoisotopic (exact) mass is 295 g/mol. The van der Waals surface area contributed by atoms with E-state index in [2.05, 4.69) is 9.97 Å². The first-order valence-electron chi connectivity index (χ1n) is 5.69. The van der Waals surface area contributed by atoms with Crippen molar-refractivity contribution in [3.8, 4) is 5.69 Å². The van der Waals surface area contributed by atoms with E-state index in [0.29, 0.717) is 17.2 Å². The normalized spacial score (nSPS) is 11.2. The molecule has 0 aliphatic carbocycles. The van der Waals surface area contributed by atoms with Gasteiger partial charge in [-0.2, -0.15) is 0 Å². The summed E-state index contributed by atoms with van der Waals surface area (Å²) in [6.07, 6.45) is 1.56. The summed E-state index contributed by atoms with van der Waals surface area (Å²) in [5.41, 5.74) is 1.45. The van der Waals surface area contributed by atoms with Gasteiger partial charge in [0.2, 0.25) is 0 Å². The molecule has 0 fully saturated rings. The predicted molar refractivity (Wildman–Crippen MR) is 70.9 cm³/mol. The maximum Gasteiger partial charge on any atom is 0.184 e. The molecule has 3 nitrogen and oxygen atoms in total. The van der Waals surface area contributed by atoms with Crippen molar-refractivity contribution in [1.82, 2.24) is 14.5 Å². The van der Waals surface area contributed by atoms with Crippen LogP contribution in [-0.4, -0.2) is 14.5 Å². The van der Waals surface area contributed by atoms with Gasteiger partial charge >= 0.3 is 0 Å². The average molecular weight is 295 g/mol. The number of aryl methyl sites for hydroxylation is 1. The number of nitrogens with zero attached hydrogens (tertiary/aromatic N) is 2. The van der Waals surface area contributed by atoms with E-state index in [-0.39, 0.29) is 10.5 Å². The zero-order valence-electron chi connectivity index (χ0n) is 10.2. The number of imidazole rings is 1. The van der Waals surface area contributed by atoms with E-state index in [1.54, 1.807) is 12.3 Å². The van der Waals surface area contributed by atoms with E-state index < -0.39 is 17.5 Å². The second-order valence-electron chi connectivity index (χ2n) is 4.37. The van der Waals surface area contributed by atoms with Crippen LogP contribution in [0.25, 0.3) is 16.9 Å². The smallest absolute Gasteiger partial charge is 0.184 e. The molecule has 2 heterocycles. The molecule has 3 rings (SSSR count). The van der Waals surface area contributed by atoms with Crippen LogP contribution in [0.2, 0.25) is 0 Å². The Morgan fingerprint density at radius 2 is 1.95 bits per heavy atom. The number of rotatable bonds is 1. The number of hydrogen-bond acceptors (Lipinski definition) is 2. The van der Waals surface area contributed by atoms with Gasteiger partial charge in [-0.15, -0.1) is 0 Å². The minimum Gasteiger partial charge on any atom is -0.329 e. The molecular weight excluding hydrogens is 287 g/mol. The van der Waals surface area contributed by atoms with Gasteiger partial charge in [0, 0.05) is 18.3 Å². The molecule has 0 saturated carbocycles. The molecule has 7 heteroatoms. The number of halogens is 3. The van der Waals surface area contributed by atoms with Crippen LogP contribution in [0.5, 0.6) is 0 Å². The van der Waals surface area contributed by atoms with E-state index in [4.69, 9.17) is 12.2 Å². The van der Waals surface area contributed by atoms with Crippen molar-refractivity contribution in [1.29, 1.82) is 0 Å². The molecule has 0 spiro atoms. The summed E-state index contributed by atoms with van der Waals surface area (Å²) in [7, 11) is 0. The molecule has 0 aliphatic heterocycles. The van der Waals surface area contributed by atoms with Crippen molar-refractivity contribution in [2.75, 3.05) is 0 Å². The number of pyridine rings is 1. The van der Waals surface area contributed by atoms with Crippen molar-refractivity contribution in [2.45, 2.75) is 6.92 Å². The molecule has 1 aromatic carbocycles. The molecular formula is C13H8F3N3S. The molecule has 0 amide bonds. The zero-order chi connectivity index (χ0) is 14.4. The number of benzene rings is 1. The van der Waals surface area contributed by atoms with Crippen LogP contribution >= 0.6 is 12.2 Å². The van der Waals surface area contributed by atoms with E-state index in [9.17, 15) is 13.2 Å². The van der Waals surface area contributed by atoms with Gasteiger partial charge in [0.05, 0.1) is 11.2 Å². The number of aromatic nitrogens is 3. The highest BCUT2D eigenvalue weighted by Crippen LogP contribution is 2.23. The molecule has 0 atom stereocenters. The molecule has 102 valence electrons. The lowest BCUT2D eigenvalue weighted by atomic mass is 10.2. The Labute approximate surface area is 116 Å². The first-order valence-corrected chi connectivity index (χ1v) is 6.10. The summed E-state index contributed by atoms with van der Waals surface area (Å²) in [6.45, 7) is 1.84. The van der Waals surface area contributed by atoms with Gasteiger partial charge in [-0.3, -0.25) is 4.57 Å². The Hall–Kier alpha value is -2.15. The zero-order valence-corrected chi connectivity index (χ0v) is 11.1. The van der Waals surface area contributed by atoms with Gasteiger partial charge in [-0.25, -0.2) is 18.2 Å². The highest BCUT2D eigenvalue weighted by atomic mass is 32.1. The maximum absolute atomic E-state index is 13.9. The first-order chi connectivity index (χ1) is 9.47. The topological polar surface area (TPSA) is 33.6 Å². The lowest BCUT2D eigenvalue weighted by molar-refractivity contribution is 0.491. The van der Waals surface area contributed by atoms with E-state index in [1.807, 2.05) is 6.92 Å². The second kappa shape index (κ2) is 4.45. The van der Waals surface area contributed by atoms with E-state index in [1.165, 1.54) is 4.57 Å². The summed E-state index contributed by atoms with van der Waals surface area (Å²) in [6, 6.07) is 3.13. The Morgan fingerprint density at radius 1 is 1.20 bits per heavy atom. The second-order valence-corrected chi connectivity index (χ2v) is 4.76. The van der Waals surface area contributed by atoms with Crippen LogP contribution in [0, 0.1) is 29.1 Å². The Bertz CT molecular complexity index is 882. The minimum absolute atomic E-state index is 0.113. The average Bonchev–Trinajstić information content (AvgIpc) is 2.69. The molecule has 0 unspecified atom stereocenters. The summed E-state index contributed by atoms with van der Waals surface area (Å²) in [4.78, 5) is 6.97. The van der Waals surface area contributed by atoms with Gasteiger partial charge in [-0.1, -0.05) is 0 Å². The summed E-state index contributed by atoms with van der Waals surface area (Å²) >= 11 is 5.08. The van der Waals surface area contributed by atoms with Crippen molar-refractivity contribution < 1.29 is 13.2 Å². The molecule has 20 heavy (non-hydrogen) atoms. The molecule has 1 N–H and O–H groups in total. The van der Waals surface area contributed by atoms with E-state index in [0.717, 1.165) is 11.6 Å². The third-order valence-electron chi connectivity index (χ3n) is 2.87. The lowest BCUT2D eigenvalue weighted by Gasteiger charge is -2.06. The summed E-state index contributed by atoms with van der Waals surface area (Å²) in [5, 5.41) is 0. The van der Waals surface area contributed by atoms with Crippen LogP contribution in [0.1, 0.15) is 5.56 Å². The Balaban J connectivity index is 2.41. The van der Waals surface area contributed by atoms with Crippen LogP contribution in [0.15, 0.2) is 24.4 Å². The van der Waals surface area contributed by atoms with Crippen molar-refractivity contribution >= 4 is 23.4 Å². The van der Waals surface area contributed by atoms with Crippen LogP contribution in [0.4, 0.5) is 13.2 Å². The van der Waals surface area contributed by atoms with Gasteiger partial charge in [0.15, 0.2) is 22.1 Å². The molecule has 0 bridgehead atoms. The molecule has 2 aromatic heterocycles. The fourth-order valence-electron chi connectivity index (χ4n) is 2.03. The molecule has 0 aliphatic rings. The standard InChI is InChI=1S/C13H8F3N3S/c1-6-2-9-12(17-5-6)19(13(20)18-9)10-4-7(14)3-8(15)11(10)16/h2-5H,1H3,(H,18,20). The number of nitrogens with one attached hydrogen (secondary N) is 1. The SMILES string of the molecule is Cc1cnc2c(c1)[nH]c(=S)n2-c1cc(F)cc(F)c1F. The van der Waals surface area contributed by atoms with Gasteiger partial charge < -0.3 is 4.98 Å². The third-order valence-corrected chi connectivity index (χ3v) is 3.16. The predicted octanol–water partition coefficient (Wildman–Crippen LogP) is 3.81. The molecule has 0 radical (unpaired) electrons. The quantitative estimate of drug-likeness (QED) is 0.547. The minimum atomic E-state index is -1.27. The van der Waals surface area contributed by atoms with Crippen molar-refractivity contribution in [3.63, 3.8) is 0 Å². The van der Waals surface area contributed by atoms with Gasteiger partial charge in [0.1, 0.15) is 5.82 Å². The summed E-state index contributed by atoms with van der Waals surface area (Å²) < 4.78 is 41.8. The van der Waals surface area contributed by atoms with Gasteiger partial charge in [0.25, 0.3) is 0 Å². The largest absolute Gasteiger partial charge is 0.329 e. The number of H-pyrrole nitrogens is 1. The Morgan fingerprint density at radius 3 is 2.70 bits per heavy atom. The summed E-state index contributed by atoms with van der Waals surface area (Å²) in [5.74, 6) is -3.34. The lowest BCUT2D eigenvalue weighted by Crippen LogP contribution is -2.02. The number of hydrogen-bond donors (Lipinski definition) is 1. The maximum atomic E-state index is 13.9. The molecule has 3 aromatic rings. The first kappa shape index (κ1) is 12.9. The van der Waals surface area contributed by atoms with Crippen LogP contribution < -0.4 is 0 Å². The molecule has 0 saturated heterocycles. The number of fused-ring (bicyclic) bond motifs is 1. The van der Waals surface area contributed by atoms with Crippen LogP contribution in [-0.2, 0) is 0 Å². The van der Waals surface area contributed by atoms with E-state index >= 15 is 0 Å².